The van der Waals surface area contributed by atoms with Crippen molar-refractivity contribution in [1.82, 2.24) is 25.1 Å². The van der Waals surface area contributed by atoms with Crippen LogP contribution in [0, 0.1) is 17.2 Å². The Morgan fingerprint density at radius 2 is 2.12 bits per heavy atom. The lowest BCUT2D eigenvalue weighted by Crippen LogP contribution is -2.46. The molecule has 0 saturated carbocycles. The molecule has 4 rings (SSSR count). The minimum absolute atomic E-state index is 0.193. The third kappa shape index (κ3) is 5.71. The fourth-order valence-corrected chi connectivity index (χ4v) is 3.72. The van der Waals surface area contributed by atoms with E-state index in [2.05, 4.69) is 50.3 Å². The first-order valence-electron chi connectivity index (χ1n) is 11.5. The third-order valence-corrected chi connectivity index (χ3v) is 5.78. The molecular weight excluding hydrogens is 426 g/mol. The fraction of sp³-hybridized carbons (Fsp3) is 0.360. The summed E-state index contributed by atoms with van der Waals surface area (Å²) in [5.41, 5.74) is 10.2. The Balaban J connectivity index is 1.41. The smallest absolute Gasteiger partial charge is 0.154 e. The van der Waals surface area contributed by atoms with Crippen molar-refractivity contribution in [3.63, 3.8) is 0 Å². The maximum atomic E-state index is 8.85. The van der Waals surface area contributed by atoms with Gasteiger partial charge in [0.25, 0.3) is 0 Å². The zero-order chi connectivity index (χ0) is 23.9. The Labute approximate surface area is 199 Å². The van der Waals surface area contributed by atoms with Crippen LogP contribution >= 0.6 is 0 Å². The van der Waals surface area contributed by atoms with Gasteiger partial charge in [0.15, 0.2) is 5.82 Å². The number of nitrogens with one attached hydrogen (secondary N) is 1. The molecule has 0 unspecified atom stereocenters. The van der Waals surface area contributed by atoms with E-state index in [1.54, 1.807) is 18.6 Å². The van der Waals surface area contributed by atoms with E-state index in [9.17, 15) is 0 Å². The molecule has 9 heteroatoms. The summed E-state index contributed by atoms with van der Waals surface area (Å²) in [5, 5.41) is 20.3. The van der Waals surface area contributed by atoms with Crippen LogP contribution in [0.3, 0.4) is 0 Å². The first kappa shape index (κ1) is 23.3. The quantitative estimate of drug-likeness (QED) is 0.370. The summed E-state index contributed by atoms with van der Waals surface area (Å²) in [6.07, 6.45) is 7.82. The van der Waals surface area contributed by atoms with Gasteiger partial charge in [0, 0.05) is 49.4 Å². The Bertz CT molecular complexity index is 1240. The van der Waals surface area contributed by atoms with E-state index in [0.717, 1.165) is 53.8 Å². The SMILES string of the molecule is CC(C)c1cnnc(Nc2ccc3ncc(C(C=NCCCN4CC(C#N)C4)=CN)cc3n2)c1. The number of hydrogen-bond donors (Lipinski definition) is 2. The number of aromatic nitrogens is 4. The van der Waals surface area contributed by atoms with Crippen molar-refractivity contribution < 1.29 is 0 Å². The van der Waals surface area contributed by atoms with Gasteiger partial charge in [-0.25, -0.2) is 4.98 Å². The summed E-state index contributed by atoms with van der Waals surface area (Å²) in [4.78, 5) is 16.0. The van der Waals surface area contributed by atoms with Gasteiger partial charge in [0.1, 0.15) is 5.82 Å². The Hall–Kier alpha value is -3.90. The molecule has 4 heterocycles. The molecule has 3 aromatic heterocycles. The molecule has 1 aliphatic rings. The normalized spacial score (nSPS) is 15.1. The zero-order valence-electron chi connectivity index (χ0n) is 19.5. The molecule has 0 amide bonds. The largest absolute Gasteiger partial charge is 0.404 e. The lowest BCUT2D eigenvalue weighted by atomic mass is 10.0. The van der Waals surface area contributed by atoms with Crippen LogP contribution in [0.5, 0.6) is 0 Å². The van der Waals surface area contributed by atoms with Gasteiger partial charge in [-0.3, -0.25) is 9.98 Å². The van der Waals surface area contributed by atoms with Gasteiger partial charge in [0.05, 0.1) is 29.2 Å². The summed E-state index contributed by atoms with van der Waals surface area (Å²) >= 11 is 0. The highest BCUT2D eigenvalue weighted by Gasteiger charge is 2.25. The van der Waals surface area contributed by atoms with Gasteiger partial charge in [-0.1, -0.05) is 13.8 Å². The van der Waals surface area contributed by atoms with E-state index in [4.69, 9.17) is 16.0 Å². The third-order valence-electron chi connectivity index (χ3n) is 5.78. The highest BCUT2D eigenvalue weighted by Crippen LogP contribution is 2.22. The number of anilines is 2. The Morgan fingerprint density at radius 3 is 2.88 bits per heavy atom. The second-order valence-corrected chi connectivity index (χ2v) is 8.71. The molecule has 0 aromatic carbocycles. The summed E-state index contributed by atoms with van der Waals surface area (Å²) in [6.45, 7) is 7.64. The average molecular weight is 456 g/mol. The van der Waals surface area contributed by atoms with Crippen LogP contribution in [0.4, 0.5) is 11.6 Å². The predicted octanol–water partition coefficient (Wildman–Crippen LogP) is 3.50. The van der Waals surface area contributed by atoms with Gasteiger partial charge < -0.3 is 16.0 Å². The first-order valence-corrected chi connectivity index (χ1v) is 11.5. The second-order valence-electron chi connectivity index (χ2n) is 8.71. The lowest BCUT2D eigenvalue weighted by Gasteiger charge is -2.34. The number of fused-ring (bicyclic) bond motifs is 1. The average Bonchev–Trinajstić information content (AvgIpc) is 2.82. The number of aliphatic imine (C=N–C) groups is 1. The Morgan fingerprint density at radius 1 is 1.26 bits per heavy atom. The number of allylic oxidation sites excluding steroid dienone is 1. The van der Waals surface area contributed by atoms with Crippen LogP contribution in [0.1, 0.15) is 37.3 Å². The minimum atomic E-state index is 0.193. The van der Waals surface area contributed by atoms with Crippen molar-refractivity contribution in [2.24, 2.45) is 16.6 Å². The van der Waals surface area contributed by atoms with E-state index >= 15 is 0 Å². The maximum Gasteiger partial charge on any atom is 0.154 e. The molecule has 3 N–H and O–H groups in total. The molecule has 0 aliphatic carbocycles. The van der Waals surface area contributed by atoms with Crippen molar-refractivity contribution in [2.75, 3.05) is 31.5 Å². The van der Waals surface area contributed by atoms with E-state index in [-0.39, 0.29) is 5.92 Å². The highest BCUT2D eigenvalue weighted by atomic mass is 15.2. The molecule has 0 radical (unpaired) electrons. The number of rotatable bonds is 9. The number of nitrogens with zero attached hydrogens (tertiary/aromatic N) is 7. The van der Waals surface area contributed by atoms with Crippen LogP contribution in [0.2, 0.25) is 0 Å². The molecule has 34 heavy (non-hydrogen) atoms. The molecule has 0 spiro atoms. The topological polar surface area (TPSA) is 129 Å². The van der Waals surface area contributed by atoms with Crippen molar-refractivity contribution in [1.29, 1.82) is 5.26 Å². The number of pyridine rings is 2. The maximum absolute atomic E-state index is 8.85. The van der Waals surface area contributed by atoms with Gasteiger partial charge in [-0.15, -0.1) is 5.10 Å². The minimum Gasteiger partial charge on any atom is -0.404 e. The van der Waals surface area contributed by atoms with Crippen LogP contribution in [-0.4, -0.2) is 57.5 Å². The first-order chi connectivity index (χ1) is 16.6. The predicted molar refractivity (Wildman–Crippen MR) is 135 cm³/mol. The van der Waals surface area contributed by atoms with E-state index < -0.39 is 0 Å². The monoisotopic (exact) mass is 455 g/mol. The molecule has 9 nitrogen and oxygen atoms in total. The molecule has 1 saturated heterocycles. The lowest BCUT2D eigenvalue weighted by molar-refractivity contribution is 0.135. The van der Waals surface area contributed by atoms with Crippen molar-refractivity contribution in [3.05, 3.63) is 54.0 Å². The standard InChI is InChI=1S/C25H29N9/c1-17(2)19-9-25(33-30-14-19)32-24-5-4-22-23(31-24)8-20(13-29-22)21(11-27)12-28-6-3-7-34-15-18(10-26)16-34/h4-5,8-9,11-14,17-18H,3,6-7,15-16,27H2,1-2H3,(H,31,32,33). The number of likely N-dealkylation sites (tertiary alicyclic amines) is 1. The molecule has 1 fully saturated rings. The highest BCUT2D eigenvalue weighted by molar-refractivity contribution is 6.10. The Kier molecular flexibility index (Phi) is 7.40. The van der Waals surface area contributed by atoms with Crippen LogP contribution < -0.4 is 11.1 Å². The second kappa shape index (κ2) is 10.8. The van der Waals surface area contributed by atoms with E-state index in [0.29, 0.717) is 24.1 Å². The molecule has 3 aromatic rings. The molecule has 1 aliphatic heterocycles. The van der Waals surface area contributed by atoms with Gasteiger partial charge in [-0.05, 0) is 48.7 Å². The summed E-state index contributed by atoms with van der Waals surface area (Å²) in [7, 11) is 0. The molecule has 0 bridgehead atoms. The fourth-order valence-electron chi connectivity index (χ4n) is 3.72. The number of nitriles is 1. The molecular formula is C25H29N9. The van der Waals surface area contributed by atoms with E-state index in [1.807, 2.05) is 24.3 Å². The van der Waals surface area contributed by atoms with Crippen LogP contribution in [0.25, 0.3) is 16.6 Å². The summed E-state index contributed by atoms with van der Waals surface area (Å²) in [5.74, 6) is 1.87. The van der Waals surface area contributed by atoms with Crippen molar-refractivity contribution in [3.8, 4) is 6.07 Å². The summed E-state index contributed by atoms with van der Waals surface area (Å²) in [6, 6.07) is 10.0. The van der Waals surface area contributed by atoms with Crippen LogP contribution in [-0.2, 0) is 0 Å². The number of hydrogen-bond acceptors (Lipinski definition) is 9. The zero-order valence-corrected chi connectivity index (χ0v) is 19.5. The number of nitrogens with two attached hydrogens (primary N) is 1. The van der Waals surface area contributed by atoms with Gasteiger partial charge in [-0.2, -0.15) is 10.4 Å². The van der Waals surface area contributed by atoms with Gasteiger partial charge in [0.2, 0.25) is 0 Å². The van der Waals surface area contributed by atoms with Crippen LogP contribution in [0.15, 0.2) is 47.9 Å². The van der Waals surface area contributed by atoms with Crippen molar-refractivity contribution >= 4 is 34.5 Å². The van der Waals surface area contributed by atoms with Crippen molar-refractivity contribution in [2.45, 2.75) is 26.2 Å². The molecule has 0 atom stereocenters. The summed E-state index contributed by atoms with van der Waals surface area (Å²) < 4.78 is 0. The van der Waals surface area contributed by atoms with Gasteiger partial charge >= 0.3 is 0 Å². The van der Waals surface area contributed by atoms with E-state index in [1.165, 1.54) is 6.20 Å². The molecule has 174 valence electrons.